The van der Waals surface area contributed by atoms with Crippen LogP contribution in [-0.4, -0.2) is 19.5 Å². The van der Waals surface area contributed by atoms with Gasteiger partial charge in [0.1, 0.15) is 0 Å². The molecule has 10 rings (SSSR count). The molecule has 4 nitrogen and oxygen atoms in total. The molecule has 0 saturated carbocycles. The number of para-hydroxylation sites is 1. The molecule has 0 N–H and O–H groups in total. The summed E-state index contributed by atoms with van der Waals surface area (Å²) in [6.45, 7) is 0. The van der Waals surface area contributed by atoms with E-state index < -0.39 is 0 Å². The smallest absolute Gasteiger partial charge is 0.166 e. The van der Waals surface area contributed by atoms with E-state index in [1.165, 1.54) is 36.3 Å². The van der Waals surface area contributed by atoms with Crippen LogP contribution in [0.2, 0.25) is 0 Å². The number of nitrogens with zero attached hydrogens (tertiary/aromatic N) is 4. The number of hydrogen-bond acceptors (Lipinski definition) is 4. The highest BCUT2D eigenvalue weighted by Gasteiger charge is 2.24. The normalized spacial score (nSPS) is 11.8. The van der Waals surface area contributed by atoms with Crippen molar-refractivity contribution >= 4 is 64.0 Å². The molecule has 0 unspecified atom stereocenters. The second kappa shape index (κ2) is 10.7. The summed E-state index contributed by atoms with van der Waals surface area (Å²) in [7, 11) is 0. The largest absolute Gasteiger partial charge is 0.315 e. The van der Waals surface area contributed by atoms with E-state index in [2.05, 4.69) is 126 Å². The highest BCUT2D eigenvalue weighted by atomic mass is 32.1. The van der Waals surface area contributed by atoms with E-state index in [9.17, 15) is 0 Å². The summed E-state index contributed by atoms with van der Waals surface area (Å²) in [4.78, 5) is 15.6. The molecule has 0 radical (unpaired) electrons. The lowest BCUT2D eigenvalue weighted by Gasteiger charge is -2.20. The zero-order chi connectivity index (χ0) is 31.6. The molecule has 48 heavy (non-hydrogen) atoms. The number of aromatic nitrogens is 4. The van der Waals surface area contributed by atoms with E-state index in [-0.39, 0.29) is 0 Å². The fraction of sp³-hybridized carbons (Fsp3) is 0. The maximum absolute atomic E-state index is 5.30. The molecule has 0 fully saturated rings. The zero-order valence-corrected chi connectivity index (χ0v) is 26.5. The molecule has 3 aromatic heterocycles. The lowest BCUT2D eigenvalue weighted by atomic mass is 9.92. The quantitative estimate of drug-likeness (QED) is 0.182. The van der Waals surface area contributed by atoms with Gasteiger partial charge < -0.3 is 4.57 Å². The molecule has 0 aliphatic heterocycles. The van der Waals surface area contributed by atoms with Crippen molar-refractivity contribution in [2.24, 2.45) is 0 Å². The van der Waals surface area contributed by atoms with Crippen molar-refractivity contribution in [3.05, 3.63) is 158 Å². The van der Waals surface area contributed by atoms with Gasteiger partial charge in [-0.1, -0.05) is 133 Å². The second-order valence-corrected chi connectivity index (χ2v) is 13.1. The van der Waals surface area contributed by atoms with E-state index in [4.69, 9.17) is 15.0 Å². The Balaban J connectivity index is 1.42. The Morgan fingerprint density at radius 3 is 1.77 bits per heavy atom. The van der Waals surface area contributed by atoms with Crippen LogP contribution in [0.15, 0.2) is 158 Å². The van der Waals surface area contributed by atoms with Gasteiger partial charge >= 0.3 is 0 Å². The fourth-order valence-electron chi connectivity index (χ4n) is 7.11. The van der Waals surface area contributed by atoms with Crippen LogP contribution in [0.3, 0.4) is 0 Å². The predicted octanol–water partition coefficient (Wildman–Crippen LogP) is 11.5. The molecule has 0 spiro atoms. The Labute approximate surface area is 280 Å². The molecule has 10 aromatic rings. The van der Waals surface area contributed by atoms with Crippen molar-refractivity contribution in [2.75, 3.05) is 0 Å². The van der Waals surface area contributed by atoms with Gasteiger partial charge in [-0.2, -0.15) is 0 Å². The van der Waals surface area contributed by atoms with Crippen LogP contribution in [-0.2, 0) is 0 Å². The maximum Gasteiger partial charge on any atom is 0.166 e. The summed E-state index contributed by atoms with van der Waals surface area (Å²) in [6, 6.07) is 53.2. The van der Waals surface area contributed by atoms with Gasteiger partial charge in [-0.15, -0.1) is 11.3 Å². The number of benzene rings is 7. The second-order valence-electron chi connectivity index (χ2n) is 12.0. The first kappa shape index (κ1) is 27.0. The van der Waals surface area contributed by atoms with E-state index >= 15 is 0 Å². The summed E-state index contributed by atoms with van der Waals surface area (Å²) < 4.78 is 4.87. The van der Waals surface area contributed by atoms with E-state index in [1.54, 1.807) is 0 Å². The molecule has 3 heterocycles. The van der Waals surface area contributed by atoms with Crippen molar-refractivity contribution in [1.82, 2.24) is 19.5 Å². The third-order valence-electron chi connectivity index (χ3n) is 9.27. The Kier molecular flexibility index (Phi) is 6.01. The van der Waals surface area contributed by atoms with Crippen LogP contribution in [0.5, 0.6) is 0 Å². The molecule has 0 aliphatic rings. The summed E-state index contributed by atoms with van der Waals surface area (Å²) in [5.41, 5.74) is 5.07. The first-order valence-electron chi connectivity index (χ1n) is 16.0. The van der Waals surface area contributed by atoms with Gasteiger partial charge in [0, 0.05) is 48.3 Å². The molecule has 0 amide bonds. The van der Waals surface area contributed by atoms with Gasteiger partial charge in [-0.3, -0.25) is 0 Å². The minimum Gasteiger partial charge on any atom is -0.315 e. The number of hydrogen-bond donors (Lipinski definition) is 0. The van der Waals surface area contributed by atoms with Crippen molar-refractivity contribution in [2.45, 2.75) is 0 Å². The standard InChI is InChI=1S/C43H26N4S/c1-3-14-28(15-4-1)41-44-42(29-16-5-2-6-17-29)46-43(45-41)38-34-24-23-33-30-18-10-12-22-36(30)48-40(33)37(34)31-19-8-9-20-32(31)39(38)47-26-25-27-13-7-11-21-35(27)47/h1-26H. The first-order valence-corrected chi connectivity index (χ1v) is 16.9. The summed E-state index contributed by atoms with van der Waals surface area (Å²) >= 11 is 1.86. The summed E-state index contributed by atoms with van der Waals surface area (Å²) in [5.74, 6) is 1.94. The summed E-state index contributed by atoms with van der Waals surface area (Å²) in [5, 5.41) is 8.42. The molecule has 7 aromatic carbocycles. The topological polar surface area (TPSA) is 43.6 Å². The van der Waals surface area contributed by atoms with E-state index in [0.717, 1.165) is 38.7 Å². The van der Waals surface area contributed by atoms with E-state index in [1.807, 2.05) is 47.7 Å². The van der Waals surface area contributed by atoms with Crippen molar-refractivity contribution in [3.63, 3.8) is 0 Å². The van der Waals surface area contributed by atoms with Gasteiger partial charge in [-0.05, 0) is 34.4 Å². The van der Waals surface area contributed by atoms with Crippen LogP contribution in [0.1, 0.15) is 0 Å². The number of thiophene rings is 1. The van der Waals surface area contributed by atoms with Gasteiger partial charge in [-0.25, -0.2) is 15.0 Å². The number of rotatable bonds is 4. The molecular formula is C43H26N4S. The predicted molar refractivity (Wildman–Crippen MR) is 201 cm³/mol. The average molecular weight is 631 g/mol. The van der Waals surface area contributed by atoms with Crippen LogP contribution < -0.4 is 0 Å². The number of fused-ring (bicyclic) bond motifs is 8. The third kappa shape index (κ3) is 4.11. The van der Waals surface area contributed by atoms with Crippen LogP contribution in [0.25, 0.3) is 92.5 Å². The van der Waals surface area contributed by atoms with E-state index in [0.29, 0.717) is 17.5 Å². The Hall–Kier alpha value is -6.17. The first-order chi connectivity index (χ1) is 23.8. The Morgan fingerprint density at radius 2 is 1.02 bits per heavy atom. The Morgan fingerprint density at radius 1 is 0.438 bits per heavy atom. The minimum atomic E-state index is 0.645. The molecule has 5 heteroatoms. The monoisotopic (exact) mass is 630 g/mol. The maximum atomic E-state index is 5.30. The van der Waals surface area contributed by atoms with Crippen molar-refractivity contribution in [3.8, 4) is 39.9 Å². The van der Waals surface area contributed by atoms with Crippen molar-refractivity contribution in [1.29, 1.82) is 0 Å². The zero-order valence-electron chi connectivity index (χ0n) is 25.7. The fourth-order valence-corrected chi connectivity index (χ4v) is 8.37. The molecule has 0 atom stereocenters. The third-order valence-corrected chi connectivity index (χ3v) is 10.5. The van der Waals surface area contributed by atoms with Crippen molar-refractivity contribution < 1.29 is 0 Å². The molecule has 0 saturated heterocycles. The molecule has 0 aliphatic carbocycles. The van der Waals surface area contributed by atoms with Gasteiger partial charge in [0.15, 0.2) is 17.5 Å². The van der Waals surface area contributed by atoms with Crippen LogP contribution >= 0.6 is 11.3 Å². The highest BCUT2D eigenvalue weighted by molar-refractivity contribution is 7.26. The average Bonchev–Trinajstić information content (AvgIpc) is 3.76. The SMILES string of the molecule is c1ccc(-c2nc(-c3ccccc3)nc(-c3c(-n4ccc5ccccc54)c4ccccc4c4c3ccc3c5ccccc5sc34)n2)cc1. The van der Waals surface area contributed by atoms with Gasteiger partial charge in [0.05, 0.1) is 16.8 Å². The van der Waals surface area contributed by atoms with Gasteiger partial charge in [0.25, 0.3) is 0 Å². The molecular weight excluding hydrogens is 605 g/mol. The Bertz CT molecular complexity index is 2780. The molecule has 0 bridgehead atoms. The van der Waals surface area contributed by atoms with Crippen LogP contribution in [0, 0.1) is 0 Å². The minimum absolute atomic E-state index is 0.645. The van der Waals surface area contributed by atoms with Gasteiger partial charge in [0.2, 0.25) is 0 Å². The molecule has 224 valence electrons. The highest BCUT2D eigenvalue weighted by Crippen LogP contribution is 2.47. The summed E-state index contributed by atoms with van der Waals surface area (Å²) in [6.07, 6.45) is 2.18. The lowest BCUT2D eigenvalue weighted by molar-refractivity contribution is 1.06. The van der Waals surface area contributed by atoms with Crippen LogP contribution in [0.4, 0.5) is 0 Å². The lowest BCUT2D eigenvalue weighted by Crippen LogP contribution is -2.05.